The number of sulfonamides is 1. The molecule has 3 heterocycles. The van der Waals surface area contributed by atoms with Gasteiger partial charge in [-0.05, 0) is 44.6 Å². The fourth-order valence-electron chi connectivity index (χ4n) is 4.53. The van der Waals surface area contributed by atoms with E-state index in [1.165, 1.54) is 0 Å². The summed E-state index contributed by atoms with van der Waals surface area (Å²) in [6.45, 7) is 4.17. The van der Waals surface area contributed by atoms with Gasteiger partial charge in [-0.1, -0.05) is 13.3 Å². The SMILES string of the molecule is CC[C@@H]1C[C@H](NS(=O)(=O)C2CC2)C[C@@H]1c1nnc2cnc3[nH]c(C)cc3n12. The highest BCUT2D eigenvalue weighted by molar-refractivity contribution is 7.90. The summed E-state index contributed by atoms with van der Waals surface area (Å²) in [5.74, 6) is 1.47. The number of aryl methyl sites for hydroxylation is 1. The zero-order valence-corrected chi connectivity index (χ0v) is 16.3. The summed E-state index contributed by atoms with van der Waals surface area (Å²) in [6.07, 6.45) is 5.91. The molecule has 8 nitrogen and oxygen atoms in total. The third-order valence-electron chi connectivity index (χ3n) is 6.02. The molecule has 0 spiro atoms. The lowest BCUT2D eigenvalue weighted by molar-refractivity contribution is 0.449. The summed E-state index contributed by atoms with van der Waals surface area (Å²) >= 11 is 0. The molecular formula is C18H24N6O2S. The Kier molecular flexibility index (Phi) is 3.80. The Morgan fingerprint density at radius 2 is 2.11 bits per heavy atom. The van der Waals surface area contributed by atoms with Crippen LogP contribution in [0, 0.1) is 12.8 Å². The van der Waals surface area contributed by atoms with Gasteiger partial charge in [-0.15, -0.1) is 10.2 Å². The van der Waals surface area contributed by atoms with E-state index in [-0.39, 0.29) is 17.2 Å². The van der Waals surface area contributed by atoms with Crippen LogP contribution >= 0.6 is 0 Å². The van der Waals surface area contributed by atoms with Gasteiger partial charge < -0.3 is 4.98 Å². The summed E-state index contributed by atoms with van der Waals surface area (Å²) in [7, 11) is -3.18. The van der Waals surface area contributed by atoms with Crippen molar-refractivity contribution in [1.29, 1.82) is 0 Å². The molecule has 2 N–H and O–H groups in total. The monoisotopic (exact) mass is 388 g/mol. The van der Waals surface area contributed by atoms with Crippen LogP contribution in [0.5, 0.6) is 0 Å². The zero-order valence-electron chi connectivity index (χ0n) is 15.5. The lowest BCUT2D eigenvalue weighted by Gasteiger charge is -2.16. The Labute approximate surface area is 157 Å². The Morgan fingerprint density at radius 1 is 1.30 bits per heavy atom. The summed E-state index contributed by atoms with van der Waals surface area (Å²) in [5, 5.41) is 8.64. The number of nitrogens with zero attached hydrogens (tertiary/aromatic N) is 4. The van der Waals surface area contributed by atoms with Gasteiger partial charge in [-0.3, -0.25) is 4.40 Å². The van der Waals surface area contributed by atoms with Gasteiger partial charge in [-0.25, -0.2) is 18.1 Å². The first kappa shape index (κ1) is 17.1. The highest BCUT2D eigenvalue weighted by Gasteiger charge is 2.42. The van der Waals surface area contributed by atoms with Crippen molar-refractivity contribution in [3.63, 3.8) is 0 Å². The third kappa shape index (κ3) is 2.84. The lowest BCUT2D eigenvalue weighted by Crippen LogP contribution is -2.35. The average Bonchev–Trinajstić information content (AvgIpc) is 3.13. The second-order valence-corrected chi connectivity index (χ2v) is 9.99. The van der Waals surface area contributed by atoms with Crippen LogP contribution in [0.4, 0.5) is 0 Å². The summed E-state index contributed by atoms with van der Waals surface area (Å²) in [4.78, 5) is 7.69. The molecule has 144 valence electrons. The molecule has 0 aromatic carbocycles. The molecule has 0 unspecified atom stereocenters. The minimum atomic E-state index is -3.18. The molecule has 3 atom stereocenters. The van der Waals surface area contributed by atoms with Crippen LogP contribution < -0.4 is 4.72 Å². The molecule has 3 aromatic heterocycles. The predicted octanol–water partition coefficient (Wildman–Crippen LogP) is 2.27. The van der Waals surface area contributed by atoms with Crippen molar-refractivity contribution in [2.75, 3.05) is 0 Å². The third-order valence-corrected chi connectivity index (χ3v) is 8.03. The van der Waals surface area contributed by atoms with Gasteiger partial charge >= 0.3 is 0 Å². The molecule has 2 aliphatic carbocycles. The topological polar surface area (TPSA) is 105 Å². The van der Waals surface area contributed by atoms with E-state index in [4.69, 9.17) is 0 Å². The molecule has 2 fully saturated rings. The van der Waals surface area contributed by atoms with E-state index in [1.807, 2.05) is 6.92 Å². The first-order valence-corrected chi connectivity index (χ1v) is 11.2. The van der Waals surface area contributed by atoms with E-state index in [0.717, 1.165) is 60.4 Å². The van der Waals surface area contributed by atoms with Crippen molar-refractivity contribution in [3.8, 4) is 0 Å². The van der Waals surface area contributed by atoms with Gasteiger partial charge in [0.25, 0.3) is 0 Å². The van der Waals surface area contributed by atoms with Gasteiger partial charge in [0.05, 0.1) is 17.0 Å². The maximum absolute atomic E-state index is 12.4. The van der Waals surface area contributed by atoms with Gasteiger partial charge in [-0.2, -0.15) is 0 Å². The minimum absolute atomic E-state index is 0.0248. The second kappa shape index (κ2) is 6.00. The molecule has 0 saturated heterocycles. The molecule has 2 aliphatic rings. The average molecular weight is 388 g/mol. The quantitative estimate of drug-likeness (QED) is 0.697. The van der Waals surface area contributed by atoms with Crippen LogP contribution in [0.1, 0.15) is 56.5 Å². The summed E-state index contributed by atoms with van der Waals surface area (Å²) in [6, 6.07) is 2.04. The van der Waals surface area contributed by atoms with Crippen LogP contribution in [0.3, 0.4) is 0 Å². The number of nitrogens with one attached hydrogen (secondary N) is 2. The number of hydrogen-bond donors (Lipinski definition) is 2. The van der Waals surface area contributed by atoms with E-state index in [2.05, 4.69) is 42.3 Å². The van der Waals surface area contributed by atoms with Crippen molar-refractivity contribution >= 4 is 26.8 Å². The number of rotatable bonds is 5. The molecule has 5 rings (SSSR count). The van der Waals surface area contributed by atoms with Crippen LogP contribution in [0.15, 0.2) is 12.3 Å². The predicted molar refractivity (Wildman–Crippen MR) is 102 cm³/mol. The minimum Gasteiger partial charge on any atom is -0.342 e. The molecule has 0 aliphatic heterocycles. The Balaban J connectivity index is 1.52. The van der Waals surface area contributed by atoms with Crippen molar-refractivity contribution in [2.45, 2.75) is 63.2 Å². The maximum atomic E-state index is 12.4. The number of H-pyrrole nitrogens is 1. The van der Waals surface area contributed by atoms with E-state index >= 15 is 0 Å². The molecule has 0 bridgehead atoms. The Hall–Kier alpha value is -2.00. The zero-order chi connectivity index (χ0) is 18.8. The number of hydrogen-bond acceptors (Lipinski definition) is 5. The Morgan fingerprint density at radius 3 is 2.85 bits per heavy atom. The first-order valence-electron chi connectivity index (χ1n) is 9.66. The maximum Gasteiger partial charge on any atom is 0.214 e. The highest BCUT2D eigenvalue weighted by Crippen LogP contribution is 2.42. The van der Waals surface area contributed by atoms with Crippen LogP contribution in [0.25, 0.3) is 16.8 Å². The van der Waals surface area contributed by atoms with Gasteiger partial charge in [0, 0.05) is 17.7 Å². The smallest absolute Gasteiger partial charge is 0.214 e. The summed E-state index contributed by atoms with van der Waals surface area (Å²) < 4.78 is 29.8. The van der Waals surface area contributed by atoms with Gasteiger partial charge in [0.2, 0.25) is 10.0 Å². The van der Waals surface area contributed by atoms with Crippen molar-refractivity contribution in [1.82, 2.24) is 29.3 Å². The molecule has 0 amide bonds. The number of aromatic amines is 1. The van der Waals surface area contributed by atoms with Crippen molar-refractivity contribution in [2.24, 2.45) is 5.92 Å². The van der Waals surface area contributed by atoms with Crippen LogP contribution in [0.2, 0.25) is 0 Å². The molecule has 3 aromatic rings. The van der Waals surface area contributed by atoms with E-state index in [1.54, 1.807) is 6.20 Å². The number of aromatic nitrogens is 5. The lowest BCUT2D eigenvalue weighted by atomic mass is 9.93. The first-order chi connectivity index (χ1) is 13.0. The molecular weight excluding hydrogens is 364 g/mol. The van der Waals surface area contributed by atoms with E-state index in [9.17, 15) is 8.42 Å². The van der Waals surface area contributed by atoms with Crippen LogP contribution in [-0.4, -0.2) is 44.3 Å². The second-order valence-electron chi connectivity index (χ2n) is 8.00. The van der Waals surface area contributed by atoms with Crippen molar-refractivity contribution in [3.05, 3.63) is 23.8 Å². The highest BCUT2D eigenvalue weighted by atomic mass is 32.2. The normalized spacial score (nSPS) is 26.4. The fourth-order valence-corrected chi connectivity index (χ4v) is 6.13. The van der Waals surface area contributed by atoms with E-state index in [0.29, 0.717) is 5.92 Å². The number of fused-ring (bicyclic) bond motifs is 3. The summed E-state index contributed by atoms with van der Waals surface area (Å²) in [5.41, 5.74) is 3.56. The Bertz CT molecular complexity index is 1110. The van der Waals surface area contributed by atoms with Crippen molar-refractivity contribution < 1.29 is 8.42 Å². The molecule has 0 radical (unpaired) electrons. The largest absolute Gasteiger partial charge is 0.342 e. The molecule has 2 saturated carbocycles. The van der Waals surface area contributed by atoms with Gasteiger partial charge in [0.1, 0.15) is 5.82 Å². The standard InChI is InChI=1S/C18H24N6O2S/c1-3-11-7-12(23-27(25,26)13-4-5-13)8-14(11)18-22-21-16-9-19-17-15(24(16)18)6-10(2)20-17/h6,9,11-14,20,23H,3-5,7-8H2,1-2H3/t11-,12+,14+/m1/s1. The van der Waals surface area contributed by atoms with Crippen LogP contribution in [-0.2, 0) is 10.0 Å². The van der Waals surface area contributed by atoms with Gasteiger partial charge in [0.15, 0.2) is 11.3 Å². The molecule has 9 heteroatoms. The molecule has 27 heavy (non-hydrogen) atoms. The fraction of sp³-hybridized carbons (Fsp3) is 0.611. The van der Waals surface area contributed by atoms with E-state index < -0.39 is 10.0 Å².